The number of carboxylic acid groups (broad SMARTS) is 1. The Kier molecular flexibility index (Phi) is 5.32. The molecule has 1 fully saturated rings. The van der Waals surface area contributed by atoms with Crippen LogP contribution in [0.2, 0.25) is 0 Å². The number of likely N-dealkylation sites (tertiary alicyclic amines) is 1. The van der Waals surface area contributed by atoms with Gasteiger partial charge in [-0.3, -0.25) is 14.4 Å². The molecule has 0 aromatic rings. The van der Waals surface area contributed by atoms with Crippen molar-refractivity contribution in [3.63, 3.8) is 0 Å². The van der Waals surface area contributed by atoms with Gasteiger partial charge < -0.3 is 15.3 Å². The molecule has 6 heteroatoms. The van der Waals surface area contributed by atoms with Crippen molar-refractivity contribution in [2.75, 3.05) is 6.54 Å². The van der Waals surface area contributed by atoms with Crippen LogP contribution in [0.5, 0.6) is 0 Å². The fourth-order valence-corrected chi connectivity index (χ4v) is 2.38. The number of nitrogens with one attached hydrogen (secondary N) is 1. The number of hydrogen-bond acceptors (Lipinski definition) is 3. The molecule has 19 heavy (non-hydrogen) atoms. The maximum atomic E-state index is 11.9. The highest BCUT2D eigenvalue weighted by Crippen LogP contribution is 2.23. The summed E-state index contributed by atoms with van der Waals surface area (Å²) in [5.41, 5.74) is 0. The van der Waals surface area contributed by atoms with E-state index >= 15 is 0 Å². The standard InChI is InChI=1S/C13H22N2O4/c1-4-10(5-2)15-7-9(6-11(15)16)12(17)14-8(3)13(18)19/h8-10H,4-7H2,1-3H3,(H,14,17)(H,18,19). The van der Waals surface area contributed by atoms with E-state index in [0.29, 0.717) is 6.54 Å². The summed E-state index contributed by atoms with van der Waals surface area (Å²) in [4.78, 5) is 36.2. The molecule has 108 valence electrons. The minimum atomic E-state index is -1.07. The lowest BCUT2D eigenvalue weighted by atomic mass is 10.1. The lowest BCUT2D eigenvalue weighted by Gasteiger charge is -2.26. The second kappa shape index (κ2) is 6.54. The summed E-state index contributed by atoms with van der Waals surface area (Å²) < 4.78 is 0. The maximum absolute atomic E-state index is 11.9. The third kappa shape index (κ3) is 3.68. The number of nitrogens with zero attached hydrogens (tertiary/aromatic N) is 1. The first kappa shape index (κ1) is 15.5. The summed E-state index contributed by atoms with van der Waals surface area (Å²) in [5.74, 6) is -1.88. The Bertz CT molecular complexity index is 366. The molecule has 1 saturated heterocycles. The van der Waals surface area contributed by atoms with Gasteiger partial charge in [0.15, 0.2) is 0 Å². The molecule has 0 radical (unpaired) electrons. The molecule has 1 aliphatic rings. The van der Waals surface area contributed by atoms with E-state index in [2.05, 4.69) is 5.32 Å². The van der Waals surface area contributed by atoms with Crippen LogP contribution in [-0.4, -0.2) is 46.4 Å². The van der Waals surface area contributed by atoms with Crippen molar-refractivity contribution in [3.8, 4) is 0 Å². The van der Waals surface area contributed by atoms with Gasteiger partial charge in [-0.15, -0.1) is 0 Å². The van der Waals surface area contributed by atoms with Gasteiger partial charge in [0.25, 0.3) is 0 Å². The summed E-state index contributed by atoms with van der Waals surface area (Å²) in [6, 6.07) is -0.757. The Morgan fingerprint density at radius 3 is 2.47 bits per heavy atom. The molecule has 2 atom stereocenters. The predicted octanol–water partition coefficient (Wildman–Crippen LogP) is 0.613. The number of hydrogen-bond donors (Lipinski definition) is 2. The smallest absolute Gasteiger partial charge is 0.325 e. The van der Waals surface area contributed by atoms with E-state index in [1.165, 1.54) is 6.92 Å². The Labute approximate surface area is 113 Å². The first-order valence-corrected chi connectivity index (χ1v) is 6.73. The topological polar surface area (TPSA) is 86.7 Å². The quantitative estimate of drug-likeness (QED) is 0.740. The van der Waals surface area contributed by atoms with Gasteiger partial charge in [0.1, 0.15) is 6.04 Å². The number of amides is 2. The van der Waals surface area contributed by atoms with E-state index in [1.807, 2.05) is 13.8 Å². The molecule has 2 unspecified atom stereocenters. The molecular formula is C13H22N2O4. The Hall–Kier alpha value is -1.59. The highest BCUT2D eigenvalue weighted by Gasteiger charge is 2.37. The van der Waals surface area contributed by atoms with Crippen molar-refractivity contribution < 1.29 is 19.5 Å². The molecule has 0 aliphatic carbocycles. The molecule has 0 spiro atoms. The first-order valence-electron chi connectivity index (χ1n) is 6.73. The first-order chi connectivity index (χ1) is 8.90. The lowest BCUT2D eigenvalue weighted by Crippen LogP contribution is -2.43. The van der Waals surface area contributed by atoms with E-state index in [-0.39, 0.29) is 24.3 Å². The van der Waals surface area contributed by atoms with Crippen LogP contribution in [0.3, 0.4) is 0 Å². The molecule has 0 bridgehead atoms. The van der Waals surface area contributed by atoms with Crippen molar-refractivity contribution in [2.24, 2.45) is 5.92 Å². The van der Waals surface area contributed by atoms with Gasteiger partial charge in [-0.25, -0.2) is 0 Å². The minimum Gasteiger partial charge on any atom is -0.480 e. The van der Waals surface area contributed by atoms with E-state index in [9.17, 15) is 14.4 Å². The van der Waals surface area contributed by atoms with Gasteiger partial charge in [0.05, 0.1) is 5.92 Å². The zero-order valence-electron chi connectivity index (χ0n) is 11.7. The summed E-state index contributed by atoms with van der Waals surface area (Å²) >= 11 is 0. The number of rotatable bonds is 6. The van der Waals surface area contributed by atoms with E-state index in [0.717, 1.165) is 12.8 Å². The molecule has 2 N–H and O–H groups in total. The van der Waals surface area contributed by atoms with Crippen molar-refractivity contribution in [2.45, 2.75) is 52.1 Å². The summed E-state index contributed by atoms with van der Waals surface area (Å²) in [7, 11) is 0. The van der Waals surface area contributed by atoms with Crippen LogP contribution < -0.4 is 5.32 Å². The average Bonchev–Trinajstić information content (AvgIpc) is 2.73. The van der Waals surface area contributed by atoms with Gasteiger partial charge in [0.2, 0.25) is 11.8 Å². The van der Waals surface area contributed by atoms with Crippen molar-refractivity contribution >= 4 is 17.8 Å². The molecule has 1 aliphatic heterocycles. The number of aliphatic carboxylic acids is 1. The van der Waals surface area contributed by atoms with Crippen molar-refractivity contribution in [3.05, 3.63) is 0 Å². The van der Waals surface area contributed by atoms with Crippen LogP contribution in [-0.2, 0) is 14.4 Å². The fraction of sp³-hybridized carbons (Fsp3) is 0.769. The average molecular weight is 270 g/mol. The lowest BCUT2D eigenvalue weighted by molar-refractivity contribution is -0.141. The molecule has 6 nitrogen and oxygen atoms in total. The van der Waals surface area contributed by atoms with Crippen LogP contribution in [0.25, 0.3) is 0 Å². The monoisotopic (exact) mass is 270 g/mol. The Morgan fingerprint density at radius 1 is 1.42 bits per heavy atom. The minimum absolute atomic E-state index is 0.0168. The van der Waals surface area contributed by atoms with E-state index in [4.69, 9.17) is 5.11 Å². The van der Waals surface area contributed by atoms with Crippen LogP contribution >= 0.6 is 0 Å². The Morgan fingerprint density at radius 2 is 2.00 bits per heavy atom. The summed E-state index contributed by atoms with van der Waals surface area (Å²) in [6.07, 6.45) is 1.90. The molecule has 2 amide bonds. The van der Waals surface area contributed by atoms with E-state index in [1.54, 1.807) is 4.90 Å². The maximum Gasteiger partial charge on any atom is 0.325 e. The SMILES string of the molecule is CCC(CC)N1CC(C(=O)NC(C)C(=O)O)CC1=O. The highest BCUT2D eigenvalue weighted by atomic mass is 16.4. The van der Waals surface area contributed by atoms with E-state index < -0.39 is 17.9 Å². The van der Waals surface area contributed by atoms with Crippen LogP contribution in [0.4, 0.5) is 0 Å². The normalized spacial score (nSPS) is 20.7. The van der Waals surface area contributed by atoms with Gasteiger partial charge in [-0.1, -0.05) is 13.8 Å². The summed E-state index contributed by atoms with van der Waals surface area (Å²) in [5, 5.41) is 11.2. The zero-order chi connectivity index (χ0) is 14.6. The second-order valence-corrected chi connectivity index (χ2v) is 4.99. The summed E-state index contributed by atoms with van der Waals surface area (Å²) in [6.45, 7) is 5.84. The second-order valence-electron chi connectivity index (χ2n) is 4.99. The van der Waals surface area contributed by atoms with Gasteiger partial charge in [-0.05, 0) is 19.8 Å². The molecule has 0 saturated carbocycles. The zero-order valence-corrected chi connectivity index (χ0v) is 11.7. The van der Waals surface area contributed by atoms with Crippen LogP contribution in [0.1, 0.15) is 40.0 Å². The predicted molar refractivity (Wildman–Crippen MR) is 69.4 cm³/mol. The molecular weight excluding hydrogens is 248 g/mol. The third-order valence-electron chi connectivity index (χ3n) is 3.64. The largest absolute Gasteiger partial charge is 0.480 e. The Balaban J connectivity index is 2.61. The van der Waals surface area contributed by atoms with Gasteiger partial charge in [-0.2, -0.15) is 0 Å². The van der Waals surface area contributed by atoms with Crippen LogP contribution in [0.15, 0.2) is 0 Å². The molecule has 1 heterocycles. The number of carbonyl (C=O) groups is 3. The fourth-order valence-electron chi connectivity index (χ4n) is 2.38. The molecule has 0 aromatic carbocycles. The molecule has 0 aromatic heterocycles. The van der Waals surface area contributed by atoms with Crippen molar-refractivity contribution in [1.82, 2.24) is 10.2 Å². The number of carboxylic acids is 1. The molecule has 1 rings (SSSR count). The number of carbonyl (C=O) groups excluding carboxylic acids is 2. The van der Waals surface area contributed by atoms with Crippen molar-refractivity contribution in [1.29, 1.82) is 0 Å². The third-order valence-corrected chi connectivity index (χ3v) is 3.64. The van der Waals surface area contributed by atoms with Crippen LogP contribution in [0, 0.1) is 5.92 Å². The van der Waals surface area contributed by atoms with Gasteiger partial charge >= 0.3 is 5.97 Å². The highest BCUT2D eigenvalue weighted by molar-refractivity contribution is 5.91. The van der Waals surface area contributed by atoms with Gasteiger partial charge in [0, 0.05) is 19.0 Å².